The lowest BCUT2D eigenvalue weighted by Crippen LogP contribution is -1.85. The minimum absolute atomic E-state index is 0.884. The third-order valence-corrected chi connectivity index (χ3v) is 2.95. The van der Waals surface area contributed by atoms with Crippen LogP contribution in [-0.4, -0.2) is 16.1 Å². The molecule has 3 nitrogen and oxygen atoms in total. The Balaban J connectivity index is 2.21. The number of H-pyrrole nitrogens is 1. The fourth-order valence-electron chi connectivity index (χ4n) is 2.14. The Morgan fingerprint density at radius 2 is 1.83 bits per heavy atom. The zero-order valence-corrected chi connectivity index (χ0v) is 9.55. The fraction of sp³-hybridized carbons (Fsp3) is 0. The zero-order chi connectivity index (χ0) is 12.5. The van der Waals surface area contributed by atoms with Crippen LogP contribution in [0.1, 0.15) is 5.56 Å². The molecule has 1 heterocycles. The maximum absolute atomic E-state index is 10.5. The second-order valence-electron chi connectivity index (χ2n) is 4.15. The maximum atomic E-state index is 10.5. The molecular formula is C15H11NO2. The van der Waals surface area contributed by atoms with E-state index in [1.807, 2.05) is 36.4 Å². The van der Waals surface area contributed by atoms with Crippen molar-refractivity contribution in [1.29, 1.82) is 0 Å². The van der Waals surface area contributed by atoms with Crippen molar-refractivity contribution < 1.29 is 9.90 Å². The maximum Gasteiger partial charge on any atom is 0.328 e. The summed E-state index contributed by atoms with van der Waals surface area (Å²) in [6, 6.07) is 13.9. The van der Waals surface area contributed by atoms with Crippen LogP contribution in [0.4, 0.5) is 0 Å². The number of para-hydroxylation sites is 1. The zero-order valence-electron chi connectivity index (χ0n) is 9.55. The van der Waals surface area contributed by atoms with Gasteiger partial charge in [0.15, 0.2) is 0 Å². The fourth-order valence-corrected chi connectivity index (χ4v) is 2.14. The summed E-state index contributed by atoms with van der Waals surface area (Å²) in [5.74, 6) is -0.936. The molecule has 3 aromatic rings. The standard InChI is InChI=1S/C15H11NO2/c17-15(18)8-6-10-5-7-14-12(9-10)11-3-1-2-4-13(11)16-14/h1-9,16H,(H,17,18)/b8-6+. The van der Waals surface area contributed by atoms with Crippen LogP contribution < -0.4 is 0 Å². The summed E-state index contributed by atoms with van der Waals surface area (Å²) >= 11 is 0. The third-order valence-electron chi connectivity index (χ3n) is 2.95. The van der Waals surface area contributed by atoms with Crippen LogP contribution in [0.2, 0.25) is 0 Å². The van der Waals surface area contributed by atoms with E-state index in [1.165, 1.54) is 0 Å². The Hall–Kier alpha value is -2.55. The largest absolute Gasteiger partial charge is 0.478 e. The summed E-state index contributed by atoms with van der Waals surface area (Å²) in [4.78, 5) is 13.8. The quantitative estimate of drug-likeness (QED) is 0.671. The first-order valence-electron chi connectivity index (χ1n) is 5.65. The van der Waals surface area contributed by atoms with Crippen LogP contribution >= 0.6 is 0 Å². The number of aromatic amines is 1. The Morgan fingerprint density at radius 3 is 2.67 bits per heavy atom. The molecule has 0 saturated heterocycles. The molecule has 2 N–H and O–H groups in total. The highest BCUT2D eigenvalue weighted by Crippen LogP contribution is 2.26. The molecule has 0 aliphatic carbocycles. The van der Waals surface area contributed by atoms with Gasteiger partial charge in [-0.2, -0.15) is 0 Å². The lowest BCUT2D eigenvalue weighted by Gasteiger charge is -1.94. The van der Waals surface area contributed by atoms with Crippen LogP contribution in [0.3, 0.4) is 0 Å². The first-order valence-corrected chi connectivity index (χ1v) is 5.65. The van der Waals surface area contributed by atoms with Crippen molar-refractivity contribution in [1.82, 2.24) is 4.98 Å². The molecule has 3 heteroatoms. The van der Waals surface area contributed by atoms with Crippen molar-refractivity contribution in [2.24, 2.45) is 0 Å². The highest BCUT2D eigenvalue weighted by molar-refractivity contribution is 6.07. The minimum atomic E-state index is -0.936. The second kappa shape index (κ2) is 4.04. The molecule has 88 valence electrons. The van der Waals surface area contributed by atoms with E-state index >= 15 is 0 Å². The molecule has 0 bridgehead atoms. The number of hydrogen-bond acceptors (Lipinski definition) is 1. The summed E-state index contributed by atoms with van der Waals surface area (Å²) in [7, 11) is 0. The van der Waals surface area contributed by atoms with Crippen LogP contribution in [0, 0.1) is 0 Å². The van der Waals surface area contributed by atoms with E-state index in [1.54, 1.807) is 6.08 Å². The Bertz CT molecular complexity index is 768. The third kappa shape index (κ3) is 1.76. The highest BCUT2D eigenvalue weighted by atomic mass is 16.4. The van der Waals surface area contributed by atoms with Gasteiger partial charge in [-0.3, -0.25) is 0 Å². The molecule has 3 rings (SSSR count). The molecule has 2 aromatic carbocycles. The summed E-state index contributed by atoms with van der Waals surface area (Å²) in [5, 5.41) is 10.9. The lowest BCUT2D eigenvalue weighted by atomic mass is 10.1. The van der Waals surface area contributed by atoms with Gasteiger partial charge in [0.05, 0.1) is 0 Å². The van der Waals surface area contributed by atoms with Crippen molar-refractivity contribution in [3.05, 3.63) is 54.1 Å². The summed E-state index contributed by atoms with van der Waals surface area (Å²) in [5.41, 5.74) is 3.03. The monoisotopic (exact) mass is 237 g/mol. The number of benzene rings is 2. The van der Waals surface area contributed by atoms with Gasteiger partial charge in [0.25, 0.3) is 0 Å². The van der Waals surface area contributed by atoms with Crippen LogP contribution in [-0.2, 0) is 4.79 Å². The van der Waals surface area contributed by atoms with Gasteiger partial charge in [0.1, 0.15) is 0 Å². The number of rotatable bonds is 2. The number of aromatic nitrogens is 1. The van der Waals surface area contributed by atoms with Crippen molar-refractivity contribution in [3.63, 3.8) is 0 Å². The average Bonchev–Trinajstić information content (AvgIpc) is 2.74. The number of fused-ring (bicyclic) bond motifs is 3. The average molecular weight is 237 g/mol. The lowest BCUT2D eigenvalue weighted by molar-refractivity contribution is -0.131. The smallest absolute Gasteiger partial charge is 0.328 e. The van der Waals surface area contributed by atoms with Gasteiger partial charge in [-0.15, -0.1) is 0 Å². The predicted molar refractivity (Wildman–Crippen MR) is 72.5 cm³/mol. The van der Waals surface area contributed by atoms with Gasteiger partial charge in [-0.25, -0.2) is 4.79 Å². The van der Waals surface area contributed by atoms with Crippen molar-refractivity contribution in [2.45, 2.75) is 0 Å². The number of carbonyl (C=O) groups is 1. The molecule has 0 saturated carbocycles. The molecule has 1 aromatic heterocycles. The molecule has 0 unspecified atom stereocenters. The van der Waals surface area contributed by atoms with E-state index in [-0.39, 0.29) is 0 Å². The van der Waals surface area contributed by atoms with E-state index in [4.69, 9.17) is 5.11 Å². The molecule has 0 atom stereocenters. The summed E-state index contributed by atoms with van der Waals surface area (Å²) in [6.07, 6.45) is 2.75. The second-order valence-corrected chi connectivity index (χ2v) is 4.15. The molecule has 0 amide bonds. The van der Waals surface area contributed by atoms with Gasteiger partial charge in [-0.1, -0.05) is 24.3 Å². The van der Waals surface area contributed by atoms with Crippen LogP contribution in [0.25, 0.3) is 27.9 Å². The van der Waals surface area contributed by atoms with Crippen molar-refractivity contribution in [3.8, 4) is 0 Å². The highest BCUT2D eigenvalue weighted by Gasteiger charge is 2.03. The van der Waals surface area contributed by atoms with E-state index in [9.17, 15) is 4.79 Å². The van der Waals surface area contributed by atoms with Gasteiger partial charge in [0, 0.05) is 27.9 Å². The van der Waals surface area contributed by atoms with Crippen LogP contribution in [0.5, 0.6) is 0 Å². The van der Waals surface area contributed by atoms with Gasteiger partial charge in [0.2, 0.25) is 0 Å². The van der Waals surface area contributed by atoms with Crippen LogP contribution in [0.15, 0.2) is 48.5 Å². The molecule has 0 spiro atoms. The molecular weight excluding hydrogens is 226 g/mol. The van der Waals surface area contributed by atoms with E-state index in [0.29, 0.717) is 0 Å². The first kappa shape index (κ1) is 10.6. The Labute approximate surface area is 103 Å². The number of carboxylic acids is 1. The van der Waals surface area contributed by atoms with E-state index in [2.05, 4.69) is 11.1 Å². The molecule has 18 heavy (non-hydrogen) atoms. The van der Waals surface area contributed by atoms with E-state index in [0.717, 1.165) is 33.4 Å². The Kier molecular flexibility index (Phi) is 2.38. The van der Waals surface area contributed by atoms with Gasteiger partial charge < -0.3 is 10.1 Å². The van der Waals surface area contributed by atoms with Crippen molar-refractivity contribution >= 4 is 33.9 Å². The summed E-state index contributed by atoms with van der Waals surface area (Å²) < 4.78 is 0. The Morgan fingerprint density at radius 1 is 1.06 bits per heavy atom. The first-order chi connectivity index (χ1) is 8.74. The normalized spacial score (nSPS) is 11.6. The predicted octanol–water partition coefficient (Wildman–Crippen LogP) is 3.42. The van der Waals surface area contributed by atoms with Crippen molar-refractivity contribution in [2.75, 3.05) is 0 Å². The number of hydrogen-bond donors (Lipinski definition) is 2. The molecule has 0 aliphatic heterocycles. The molecule has 0 aliphatic rings. The molecule has 0 fully saturated rings. The van der Waals surface area contributed by atoms with Gasteiger partial charge >= 0.3 is 5.97 Å². The van der Waals surface area contributed by atoms with Gasteiger partial charge in [-0.05, 0) is 29.8 Å². The van der Waals surface area contributed by atoms with E-state index < -0.39 is 5.97 Å². The SMILES string of the molecule is O=C(O)/C=C/c1ccc2[nH]c3ccccc3c2c1. The number of aliphatic carboxylic acids is 1. The number of carboxylic acid groups (broad SMARTS) is 1. The molecule has 0 radical (unpaired) electrons. The summed E-state index contributed by atoms with van der Waals surface area (Å²) in [6.45, 7) is 0. The number of nitrogens with one attached hydrogen (secondary N) is 1. The minimum Gasteiger partial charge on any atom is -0.478 e. The topological polar surface area (TPSA) is 53.1 Å².